The second-order valence-electron chi connectivity index (χ2n) is 6.32. The molecule has 0 unspecified atom stereocenters. The molecule has 0 saturated heterocycles. The van der Waals surface area contributed by atoms with Crippen LogP contribution in [-0.2, 0) is 5.41 Å². The third kappa shape index (κ3) is 2.66. The molecule has 0 fully saturated rings. The van der Waals surface area contributed by atoms with Crippen LogP contribution in [0, 0.1) is 0 Å². The third-order valence-electron chi connectivity index (χ3n) is 4.79. The van der Waals surface area contributed by atoms with Gasteiger partial charge in [0, 0.05) is 0 Å². The highest BCUT2D eigenvalue weighted by atomic mass is 14.7. The Morgan fingerprint density at radius 3 is 1.31 bits per heavy atom. The topological polar surface area (TPSA) is 38.9 Å². The van der Waals surface area contributed by atoms with Gasteiger partial charge in [-0.1, -0.05) is 91.0 Å². The third-order valence-corrected chi connectivity index (χ3v) is 4.79. The van der Waals surface area contributed by atoms with Crippen molar-refractivity contribution in [1.29, 1.82) is 0 Å². The maximum absolute atomic E-state index is 5.92. The number of pyridine rings is 1. The number of nitrogen functional groups attached to an aromatic ring is 1. The normalized spacial score (nSPS) is 11.2. The molecule has 1 aromatic heterocycles. The Hall–Kier alpha value is -3.39. The van der Waals surface area contributed by atoms with Crippen LogP contribution in [0.5, 0.6) is 0 Å². The number of nitrogens with zero attached hydrogens (tertiary/aromatic N) is 1. The van der Waals surface area contributed by atoms with Crippen LogP contribution in [0.4, 0.5) is 5.69 Å². The van der Waals surface area contributed by atoms with E-state index in [9.17, 15) is 0 Å². The van der Waals surface area contributed by atoms with E-state index >= 15 is 0 Å². The first-order chi connectivity index (χ1) is 12.8. The first-order valence-electron chi connectivity index (χ1n) is 8.70. The molecule has 0 aliphatic heterocycles. The molecule has 126 valence electrons. The van der Waals surface area contributed by atoms with E-state index in [4.69, 9.17) is 10.7 Å². The fourth-order valence-electron chi connectivity index (χ4n) is 3.64. The Balaban J connectivity index is 2.12. The quantitative estimate of drug-likeness (QED) is 0.530. The smallest absolute Gasteiger partial charge is 0.0873 e. The molecule has 2 N–H and O–H groups in total. The summed E-state index contributed by atoms with van der Waals surface area (Å²) in [5.74, 6) is 0. The second-order valence-corrected chi connectivity index (χ2v) is 6.32. The predicted octanol–water partition coefficient (Wildman–Crippen LogP) is 5.05. The van der Waals surface area contributed by atoms with Crippen molar-refractivity contribution in [2.75, 3.05) is 5.73 Å². The van der Waals surface area contributed by atoms with Gasteiger partial charge in [0.2, 0.25) is 0 Å². The largest absolute Gasteiger partial charge is 0.397 e. The lowest BCUT2D eigenvalue weighted by Crippen LogP contribution is -2.32. The molecule has 0 atom stereocenters. The van der Waals surface area contributed by atoms with E-state index in [-0.39, 0.29) is 0 Å². The average molecular weight is 336 g/mol. The molecular formula is C24H20N2. The van der Waals surface area contributed by atoms with Crippen molar-refractivity contribution >= 4 is 5.69 Å². The molecule has 2 nitrogen and oxygen atoms in total. The van der Waals surface area contributed by atoms with Crippen molar-refractivity contribution in [3.05, 3.63) is 132 Å². The molecule has 0 amide bonds. The standard InChI is InChI=1S/C24H20N2/c25-22-16-17-23(26-18-22)24(19-10-4-1-5-11-19,20-12-6-2-7-13-20)21-14-8-3-9-15-21/h1-18H,25H2. The fraction of sp³-hybridized carbons (Fsp3) is 0.0417. The predicted molar refractivity (Wildman–Crippen MR) is 107 cm³/mol. The minimum Gasteiger partial charge on any atom is -0.397 e. The zero-order valence-electron chi connectivity index (χ0n) is 14.4. The van der Waals surface area contributed by atoms with Crippen LogP contribution in [0.1, 0.15) is 22.4 Å². The van der Waals surface area contributed by atoms with Gasteiger partial charge in [0.25, 0.3) is 0 Å². The summed E-state index contributed by atoms with van der Waals surface area (Å²) in [5.41, 5.74) is 10.6. The maximum Gasteiger partial charge on any atom is 0.0873 e. The van der Waals surface area contributed by atoms with E-state index in [0.717, 1.165) is 5.69 Å². The van der Waals surface area contributed by atoms with Gasteiger partial charge in [-0.3, -0.25) is 4.98 Å². The van der Waals surface area contributed by atoms with Crippen LogP contribution < -0.4 is 5.73 Å². The molecule has 0 radical (unpaired) electrons. The first kappa shape index (κ1) is 16.1. The highest BCUT2D eigenvalue weighted by Gasteiger charge is 2.39. The summed E-state index contributed by atoms with van der Waals surface area (Å²) < 4.78 is 0. The van der Waals surface area contributed by atoms with E-state index in [1.54, 1.807) is 6.20 Å². The average Bonchev–Trinajstić information content (AvgIpc) is 2.72. The van der Waals surface area contributed by atoms with Crippen molar-refractivity contribution in [2.24, 2.45) is 0 Å². The van der Waals surface area contributed by atoms with E-state index < -0.39 is 5.41 Å². The van der Waals surface area contributed by atoms with Gasteiger partial charge in [-0.2, -0.15) is 0 Å². The summed E-state index contributed by atoms with van der Waals surface area (Å²) in [4.78, 5) is 4.75. The van der Waals surface area contributed by atoms with Crippen molar-refractivity contribution in [3.8, 4) is 0 Å². The molecule has 1 heterocycles. The summed E-state index contributed by atoms with van der Waals surface area (Å²) in [5, 5.41) is 0. The van der Waals surface area contributed by atoms with Crippen LogP contribution in [0.3, 0.4) is 0 Å². The van der Waals surface area contributed by atoms with Crippen LogP contribution >= 0.6 is 0 Å². The number of rotatable bonds is 4. The Morgan fingerprint density at radius 1 is 0.538 bits per heavy atom. The number of nitrogens with two attached hydrogens (primary N) is 1. The first-order valence-corrected chi connectivity index (χ1v) is 8.70. The lowest BCUT2D eigenvalue weighted by atomic mass is 9.67. The zero-order valence-corrected chi connectivity index (χ0v) is 14.4. The van der Waals surface area contributed by atoms with E-state index in [0.29, 0.717) is 5.69 Å². The highest BCUT2D eigenvalue weighted by molar-refractivity contribution is 5.58. The van der Waals surface area contributed by atoms with E-state index in [1.165, 1.54) is 16.7 Å². The van der Waals surface area contributed by atoms with Crippen LogP contribution in [-0.4, -0.2) is 4.98 Å². The Labute approximate surface area is 154 Å². The number of hydrogen-bond acceptors (Lipinski definition) is 2. The highest BCUT2D eigenvalue weighted by Crippen LogP contribution is 2.44. The van der Waals surface area contributed by atoms with Crippen molar-refractivity contribution in [2.45, 2.75) is 5.41 Å². The van der Waals surface area contributed by atoms with Crippen molar-refractivity contribution in [1.82, 2.24) is 4.98 Å². The van der Waals surface area contributed by atoms with Crippen LogP contribution in [0.2, 0.25) is 0 Å². The van der Waals surface area contributed by atoms with Gasteiger partial charge < -0.3 is 5.73 Å². The molecule has 0 saturated carbocycles. The number of anilines is 1. The van der Waals surface area contributed by atoms with Gasteiger partial charge in [0.1, 0.15) is 0 Å². The lowest BCUT2D eigenvalue weighted by Gasteiger charge is -2.35. The van der Waals surface area contributed by atoms with Crippen molar-refractivity contribution < 1.29 is 0 Å². The summed E-state index contributed by atoms with van der Waals surface area (Å²) in [7, 11) is 0. The summed E-state index contributed by atoms with van der Waals surface area (Å²) in [6.07, 6.45) is 1.74. The fourth-order valence-corrected chi connectivity index (χ4v) is 3.64. The van der Waals surface area contributed by atoms with Gasteiger partial charge in [0.05, 0.1) is 23.0 Å². The van der Waals surface area contributed by atoms with Gasteiger partial charge in [-0.05, 0) is 28.8 Å². The molecule has 0 spiro atoms. The lowest BCUT2D eigenvalue weighted by molar-refractivity contribution is 0.714. The Kier molecular flexibility index (Phi) is 4.24. The molecular weight excluding hydrogens is 316 g/mol. The van der Waals surface area contributed by atoms with Gasteiger partial charge in [0.15, 0.2) is 0 Å². The summed E-state index contributed by atoms with van der Waals surface area (Å²) >= 11 is 0. The number of aromatic nitrogens is 1. The minimum absolute atomic E-state index is 0.502. The molecule has 0 aliphatic rings. The van der Waals surface area contributed by atoms with Crippen LogP contribution in [0.25, 0.3) is 0 Å². The van der Waals surface area contributed by atoms with E-state index in [1.807, 2.05) is 30.3 Å². The minimum atomic E-state index is -0.502. The molecule has 0 bridgehead atoms. The van der Waals surface area contributed by atoms with Crippen molar-refractivity contribution in [3.63, 3.8) is 0 Å². The van der Waals surface area contributed by atoms with Crippen LogP contribution in [0.15, 0.2) is 109 Å². The number of benzene rings is 3. The Bertz CT molecular complexity index is 866. The second kappa shape index (κ2) is 6.85. The molecule has 4 aromatic rings. The molecule has 26 heavy (non-hydrogen) atoms. The van der Waals surface area contributed by atoms with Gasteiger partial charge >= 0.3 is 0 Å². The molecule has 0 aliphatic carbocycles. The summed E-state index contributed by atoms with van der Waals surface area (Å²) in [6, 6.07) is 35.5. The molecule has 4 rings (SSSR count). The molecule has 2 heteroatoms. The monoisotopic (exact) mass is 336 g/mol. The molecule has 3 aromatic carbocycles. The SMILES string of the molecule is Nc1ccc(C(c2ccccc2)(c2ccccc2)c2ccccc2)nc1. The van der Waals surface area contributed by atoms with Gasteiger partial charge in [-0.15, -0.1) is 0 Å². The maximum atomic E-state index is 5.92. The summed E-state index contributed by atoms with van der Waals surface area (Å²) in [6.45, 7) is 0. The zero-order chi connectivity index (χ0) is 17.8. The number of hydrogen-bond donors (Lipinski definition) is 1. The Morgan fingerprint density at radius 2 is 0.962 bits per heavy atom. The van der Waals surface area contributed by atoms with E-state index in [2.05, 4.69) is 72.8 Å². The van der Waals surface area contributed by atoms with Gasteiger partial charge in [-0.25, -0.2) is 0 Å².